The summed E-state index contributed by atoms with van der Waals surface area (Å²) in [6, 6.07) is 30.7. The number of carboxylic acid groups (broad SMARTS) is 1. The Labute approximate surface area is 272 Å². The van der Waals surface area contributed by atoms with Gasteiger partial charge in [0.2, 0.25) is 11.8 Å². The first-order chi connectivity index (χ1) is 21.0. The largest absolute Gasteiger partial charge is 0.480 e. The van der Waals surface area contributed by atoms with E-state index in [1.807, 2.05) is 72.1 Å². The molecule has 0 bridgehead atoms. The van der Waals surface area contributed by atoms with Gasteiger partial charge < -0.3 is 21.5 Å². The van der Waals surface area contributed by atoms with E-state index in [9.17, 15) is 19.5 Å². The number of thioether (sulfide) groups is 1. The fourth-order valence-electron chi connectivity index (χ4n) is 4.96. The molecular weight excluding hydrogens is 611 g/mol. The van der Waals surface area contributed by atoms with Crippen LogP contribution in [0.1, 0.15) is 35.4 Å². The molecule has 0 unspecified atom stereocenters. The first-order valence-electron chi connectivity index (χ1n) is 14.2. The summed E-state index contributed by atoms with van der Waals surface area (Å²) in [4.78, 5) is 39.7. The number of hydrogen-bond donors (Lipinski definition) is 5. The van der Waals surface area contributed by atoms with Crippen LogP contribution in [0.25, 0.3) is 0 Å². The molecule has 0 fully saturated rings. The van der Waals surface area contributed by atoms with Gasteiger partial charge >= 0.3 is 5.97 Å². The van der Waals surface area contributed by atoms with E-state index in [-0.39, 0.29) is 12.2 Å². The Hall–Kier alpha value is -3.57. The smallest absolute Gasteiger partial charge is 0.327 e. The monoisotopic (exact) mass is 647 g/mol. The zero-order valence-corrected chi connectivity index (χ0v) is 27.1. The number of aliphatic carboxylic acids is 1. The van der Waals surface area contributed by atoms with Crippen molar-refractivity contribution in [1.82, 2.24) is 10.6 Å². The fourth-order valence-corrected chi connectivity index (χ4v) is 7.38. The van der Waals surface area contributed by atoms with Crippen molar-refractivity contribution in [2.45, 2.75) is 47.9 Å². The van der Waals surface area contributed by atoms with Crippen molar-refractivity contribution >= 4 is 53.5 Å². The molecule has 0 saturated heterocycles. The highest BCUT2D eigenvalue weighted by atomic mass is 32.2. The van der Waals surface area contributed by atoms with E-state index in [0.29, 0.717) is 0 Å². The molecular formula is C34H37N3O4S3. The average molecular weight is 648 g/mol. The third-order valence-corrected chi connectivity index (χ3v) is 10.0. The molecule has 5 N–H and O–H groups in total. The van der Waals surface area contributed by atoms with Crippen LogP contribution in [0.3, 0.4) is 0 Å². The minimum absolute atomic E-state index is 0.191. The van der Waals surface area contributed by atoms with Crippen molar-refractivity contribution in [3.63, 3.8) is 0 Å². The number of nitrogens with two attached hydrogens (primary N) is 1. The Balaban J connectivity index is 1.60. The summed E-state index contributed by atoms with van der Waals surface area (Å²) in [6.07, 6.45) is 0.191. The van der Waals surface area contributed by atoms with E-state index in [1.54, 1.807) is 25.6 Å². The van der Waals surface area contributed by atoms with Gasteiger partial charge in [-0.05, 0) is 42.0 Å². The molecule has 1 aromatic heterocycles. The second kappa shape index (κ2) is 14.9. The molecule has 4 aromatic rings. The van der Waals surface area contributed by atoms with E-state index in [0.717, 1.165) is 21.6 Å². The summed E-state index contributed by atoms with van der Waals surface area (Å²) in [5.41, 5.74) is 9.65. The molecule has 4 rings (SSSR count). The third-order valence-electron chi connectivity index (χ3n) is 7.22. The highest BCUT2D eigenvalue weighted by Crippen LogP contribution is 2.48. The van der Waals surface area contributed by atoms with E-state index in [4.69, 9.17) is 5.73 Å². The normalized spacial score (nSPS) is 13.8. The molecule has 0 saturated carbocycles. The van der Waals surface area contributed by atoms with Gasteiger partial charge in [-0.3, -0.25) is 9.59 Å². The topological polar surface area (TPSA) is 122 Å². The molecule has 3 atom stereocenters. The first kappa shape index (κ1) is 33.3. The lowest BCUT2D eigenvalue weighted by Crippen LogP contribution is -2.59. The van der Waals surface area contributed by atoms with Crippen molar-refractivity contribution in [2.24, 2.45) is 5.73 Å². The maximum Gasteiger partial charge on any atom is 0.327 e. The molecule has 44 heavy (non-hydrogen) atoms. The molecule has 7 nitrogen and oxygen atoms in total. The Kier molecular flexibility index (Phi) is 11.3. The number of thiophene rings is 1. The van der Waals surface area contributed by atoms with E-state index in [1.165, 1.54) is 11.3 Å². The summed E-state index contributed by atoms with van der Waals surface area (Å²) in [5.74, 6) is -2.10. The minimum Gasteiger partial charge on any atom is -0.480 e. The van der Waals surface area contributed by atoms with Crippen LogP contribution in [-0.2, 0) is 25.6 Å². The second-order valence-electron chi connectivity index (χ2n) is 11.0. The highest BCUT2D eigenvalue weighted by molar-refractivity contribution is 8.00. The maximum absolute atomic E-state index is 13.6. The van der Waals surface area contributed by atoms with Crippen LogP contribution in [0.15, 0.2) is 109 Å². The number of carbonyl (C=O) groups excluding carboxylic acids is 2. The number of nitrogens with one attached hydrogen (secondary N) is 2. The molecule has 230 valence electrons. The third kappa shape index (κ3) is 8.12. The molecule has 0 radical (unpaired) electrons. The Morgan fingerprint density at radius 3 is 1.73 bits per heavy atom. The molecule has 10 heteroatoms. The van der Waals surface area contributed by atoms with Crippen LogP contribution in [-0.4, -0.2) is 51.5 Å². The zero-order chi connectivity index (χ0) is 31.7. The lowest BCUT2D eigenvalue weighted by atomic mass is 9.84. The molecule has 0 spiro atoms. The first-order valence-corrected chi connectivity index (χ1v) is 16.5. The summed E-state index contributed by atoms with van der Waals surface area (Å²) < 4.78 is -1.70. The number of carbonyl (C=O) groups is 3. The van der Waals surface area contributed by atoms with Crippen LogP contribution in [0.5, 0.6) is 0 Å². The highest BCUT2D eigenvalue weighted by Gasteiger charge is 2.39. The summed E-state index contributed by atoms with van der Waals surface area (Å²) >= 11 is 7.36. The average Bonchev–Trinajstić information content (AvgIpc) is 3.53. The van der Waals surface area contributed by atoms with E-state index < -0.39 is 45.4 Å². The van der Waals surface area contributed by atoms with Gasteiger partial charge in [0, 0.05) is 21.8 Å². The number of amides is 2. The maximum atomic E-state index is 13.6. The number of rotatable bonds is 14. The van der Waals surface area contributed by atoms with Gasteiger partial charge in [0.15, 0.2) is 0 Å². The predicted octanol–water partition coefficient (Wildman–Crippen LogP) is 5.11. The number of hydrogen-bond acceptors (Lipinski definition) is 7. The summed E-state index contributed by atoms with van der Waals surface area (Å²) in [5, 5.41) is 17.0. The van der Waals surface area contributed by atoms with Crippen LogP contribution >= 0.6 is 35.7 Å². The van der Waals surface area contributed by atoms with Gasteiger partial charge in [-0.25, -0.2) is 4.79 Å². The van der Waals surface area contributed by atoms with Gasteiger partial charge in [-0.2, -0.15) is 12.6 Å². The summed E-state index contributed by atoms with van der Waals surface area (Å²) in [7, 11) is 0. The van der Waals surface area contributed by atoms with Crippen molar-refractivity contribution in [3.8, 4) is 0 Å². The molecule has 0 aliphatic carbocycles. The van der Waals surface area contributed by atoms with E-state index in [2.05, 4.69) is 59.7 Å². The number of benzene rings is 3. The molecule has 2 amide bonds. The molecule has 3 aromatic carbocycles. The standard InChI is InChI=1S/C34H37N3O4S3/c1-33(2,42)29(32(40)41)37-31(39)28(21-26-19-12-20-43-26)36-30(38)27(35)22-44-34(23-13-6-3-7-14-23,24-15-8-4-9-16-24)25-17-10-5-11-18-25/h3-20,27-29,42H,21-22,35H2,1-2H3,(H,36,38)(H,37,39)(H,40,41)/t27-,28+,29+/m1/s1. The molecule has 0 aliphatic heterocycles. The Bertz CT molecular complexity index is 1420. The Morgan fingerprint density at radius 2 is 1.32 bits per heavy atom. The van der Waals surface area contributed by atoms with Gasteiger partial charge in [0.1, 0.15) is 12.1 Å². The zero-order valence-electron chi connectivity index (χ0n) is 24.6. The number of thiol groups is 1. The lowest BCUT2D eigenvalue weighted by molar-refractivity contribution is -0.143. The van der Waals surface area contributed by atoms with Crippen LogP contribution < -0.4 is 16.4 Å². The van der Waals surface area contributed by atoms with Crippen molar-refractivity contribution < 1.29 is 19.5 Å². The second-order valence-corrected chi connectivity index (χ2v) is 14.4. The van der Waals surface area contributed by atoms with E-state index >= 15 is 0 Å². The lowest BCUT2D eigenvalue weighted by Gasteiger charge is -2.36. The quantitative estimate of drug-likeness (QED) is 0.0959. The molecule has 0 aliphatic rings. The van der Waals surface area contributed by atoms with Crippen molar-refractivity contribution in [1.29, 1.82) is 0 Å². The summed E-state index contributed by atoms with van der Waals surface area (Å²) in [6.45, 7) is 3.21. The minimum atomic E-state index is -1.27. The van der Waals surface area contributed by atoms with Crippen LogP contribution in [0.2, 0.25) is 0 Å². The van der Waals surface area contributed by atoms with Crippen LogP contribution in [0.4, 0.5) is 0 Å². The van der Waals surface area contributed by atoms with Crippen LogP contribution in [0, 0.1) is 0 Å². The Morgan fingerprint density at radius 1 is 0.818 bits per heavy atom. The van der Waals surface area contributed by atoms with Gasteiger partial charge in [-0.15, -0.1) is 23.1 Å². The van der Waals surface area contributed by atoms with Gasteiger partial charge in [0.05, 0.1) is 10.8 Å². The van der Waals surface area contributed by atoms with Crippen molar-refractivity contribution in [2.75, 3.05) is 5.75 Å². The van der Waals surface area contributed by atoms with Crippen molar-refractivity contribution in [3.05, 3.63) is 130 Å². The fraction of sp³-hybridized carbons (Fsp3) is 0.265. The SMILES string of the molecule is CC(C)(S)[C@@H](NC(=O)[C@H](Cc1cccs1)NC(=O)[C@H](N)CSC(c1ccccc1)(c1ccccc1)c1ccccc1)C(=O)O. The van der Waals surface area contributed by atoms with Gasteiger partial charge in [-0.1, -0.05) is 97.1 Å². The van der Waals surface area contributed by atoms with Gasteiger partial charge in [0.25, 0.3) is 0 Å². The number of carboxylic acids is 1. The predicted molar refractivity (Wildman–Crippen MR) is 182 cm³/mol. The molecule has 1 heterocycles.